The SMILES string of the molecule is Cc1cc(NC(=O)[C@@H](NS(C)(=O)=O)C(C)C)no1. The van der Waals surface area contributed by atoms with Crippen molar-refractivity contribution in [3.05, 3.63) is 11.8 Å². The van der Waals surface area contributed by atoms with E-state index in [1.807, 2.05) is 0 Å². The number of carbonyl (C=O) groups excluding carboxylic acids is 1. The van der Waals surface area contributed by atoms with E-state index in [2.05, 4.69) is 15.2 Å². The number of aromatic nitrogens is 1. The van der Waals surface area contributed by atoms with Crippen molar-refractivity contribution in [1.82, 2.24) is 9.88 Å². The van der Waals surface area contributed by atoms with Crippen LogP contribution in [0.25, 0.3) is 0 Å². The van der Waals surface area contributed by atoms with Crippen LogP contribution in [0.4, 0.5) is 5.82 Å². The van der Waals surface area contributed by atoms with Gasteiger partial charge in [-0.3, -0.25) is 4.79 Å². The first kappa shape index (κ1) is 14.7. The summed E-state index contributed by atoms with van der Waals surface area (Å²) in [6.45, 7) is 5.18. The van der Waals surface area contributed by atoms with Crippen LogP contribution in [0.2, 0.25) is 0 Å². The van der Waals surface area contributed by atoms with E-state index in [0.717, 1.165) is 6.26 Å². The molecule has 0 aliphatic heterocycles. The van der Waals surface area contributed by atoms with Gasteiger partial charge in [0, 0.05) is 6.07 Å². The van der Waals surface area contributed by atoms with Gasteiger partial charge >= 0.3 is 0 Å². The first-order valence-electron chi connectivity index (χ1n) is 5.40. The van der Waals surface area contributed by atoms with Crippen LogP contribution in [0.5, 0.6) is 0 Å². The monoisotopic (exact) mass is 275 g/mol. The fraction of sp³-hybridized carbons (Fsp3) is 0.600. The van der Waals surface area contributed by atoms with Gasteiger partial charge in [0.05, 0.1) is 6.26 Å². The van der Waals surface area contributed by atoms with E-state index in [9.17, 15) is 13.2 Å². The van der Waals surface area contributed by atoms with Crippen LogP contribution in [0, 0.1) is 12.8 Å². The van der Waals surface area contributed by atoms with Gasteiger partial charge in [0.1, 0.15) is 11.8 Å². The van der Waals surface area contributed by atoms with Crippen molar-refractivity contribution in [2.45, 2.75) is 26.8 Å². The Balaban J connectivity index is 2.77. The van der Waals surface area contributed by atoms with Crippen molar-refractivity contribution in [3.8, 4) is 0 Å². The zero-order valence-corrected chi connectivity index (χ0v) is 11.5. The predicted molar refractivity (Wildman–Crippen MR) is 66.5 cm³/mol. The molecule has 0 saturated heterocycles. The molecule has 0 saturated carbocycles. The first-order chi connectivity index (χ1) is 8.19. The summed E-state index contributed by atoms with van der Waals surface area (Å²) in [6.07, 6.45) is 1.01. The number of anilines is 1. The lowest BCUT2D eigenvalue weighted by atomic mass is 10.1. The Morgan fingerprint density at radius 2 is 2.06 bits per heavy atom. The summed E-state index contributed by atoms with van der Waals surface area (Å²) in [7, 11) is -3.46. The molecule has 102 valence electrons. The van der Waals surface area contributed by atoms with Gasteiger partial charge in [0.2, 0.25) is 15.9 Å². The maximum atomic E-state index is 11.9. The Bertz CT molecular complexity index is 521. The second kappa shape index (κ2) is 5.49. The summed E-state index contributed by atoms with van der Waals surface area (Å²) in [4.78, 5) is 11.9. The zero-order valence-electron chi connectivity index (χ0n) is 10.7. The van der Waals surface area contributed by atoms with Crippen LogP contribution in [-0.4, -0.2) is 31.8 Å². The number of aryl methyl sites for hydroxylation is 1. The minimum atomic E-state index is -3.46. The third-order valence-corrected chi connectivity index (χ3v) is 2.85. The summed E-state index contributed by atoms with van der Waals surface area (Å²) < 4.78 is 29.5. The molecular weight excluding hydrogens is 258 g/mol. The number of carbonyl (C=O) groups is 1. The topological polar surface area (TPSA) is 101 Å². The van der Waals surface area contributed by atoms with E-state index < -0.39 is 22.0 Å². The molecule has 1 atom stereocenters. The number of rotatable bonds is 5. The molecule has 8 heteroatoms. The Labute approximate surface area is 106 Å². The molecule has 1 aromatic rings. The quantitative estimate of drug-likeness (QED) is 0.814. The Kier molecular flexibility index (Phi) is 4.47. The van der Waals surface area contributed by atoms with E-state index in [1.165, 1.54) is 0 Å². The van der Waals surface area contributed by atoms with Crippen LogP contribution in [0.15, 0.2) is 10.6 Å². The van der Waals surface area contributed by atoms with Crippen molar-refractivity contribution in [2.75, 3.05) is 11.6 Å². The summed E-state index contributed by atoms with van der Waals surface area (Å²) >= 11 is 0. The smallest absolute Gasteiger partial charge is 0.244 e. The average Bonchev–Trinajstić information content (AvgIpc) is 2.58. The van der Waals surface area contributed by atoms with Crippen LogP contribution < -0.4 is 10.0 Å². The molecule has 0 bridgehead atoms. The number of nitrogens with one attached hydrogen (secondary N) is 2. The summed E-state index contributed by atoms with van der Waals surface area (Å²) in [6, 6.07) is 0.701. The number of hydrogen-bond donors (Lipinski definition) is 2. The van der Waals surface area contributed by atoms with Crippen LogP contribution >= 0.6 is 0 Å². The third kappa shape index (κ3) is 4.46. The van der Waals surface area contributed by atoms with Crippen LogP contribution in [-0.2, 0) is 14.8 Å². The van der Waals surface area contributed by atoms with Gasteiger partial charge in [0.25, 0.3) is 0 Å². The summed E-state index contributed by atoms with van der Waals surface area (Å²) in [5.41, 5.74) is 0. The van der Waals surface area contributed by atoms with E-state index >= 15 is 0 Å². The molecule has 0 radical (unpaired) electrons. The van der Waals surface area contributed by atoms with Crippen molar-refractivity contribution < 1.29 is 17.7 Å². The number of sulfonamides is 1. The average molecular weight is 275 g/mol. The number of amides is 1. The van der Waals surface area contributed by atoms with Crippen molar-refractivity contribution in [3.63, 3.8) is 0 Å². The van der Waals surface area contributed by atoms with E-state index in [1.54, 1.807) is 26.8 Å². The first-order valence-corrected chi connectivity index (χ1v) is 7.29. The molecule has 7 nitrogen and oxygen atoms in total. The Morgan fingerprint density at radius 1 is 1.44 bits per heavy atom. The Morgan fingerprint density at radius 3 is 2.44 bits per heavy atom. The number of nitrogens with zero attached hydrogens (tertiary/aromatic N) is 1. The highest BCUT2D eigenvalue weighted by atomic mass is 32.2. The van der Waals surface area contributed by atoms with Gasteiger partial charge in [-0.15, -0.1) is 0 Å². The van der Waals surface area contributed by atoms with Gasteiger partial charge in [-0.1, -0.05) is 19.0 Å². The van der Waals surface area contributed by atoms with Crippen LogP contribution in [0.3, 0.4) is 0 Å². The minimum Gasteiger partial charge on any atom is -0.360 e. The van der Waals surface area contributed by atoms with Crippen molar-refractivity contribution >= 4 is 21.7 Å². The molecule has 1 heterocycles. The van der Waals surface area contributed by atoms with Gasteiger partial charge in [-0.25, -0.2) is 13.1 Å². The fourth-order valence-electron chi connectivity index (χ4n) is 1.35. The molecule has 0 aliphatic carbocycles. The highest BCUT2D eigenvalue weighted by Gasteiger charge is 2.26. The van der Waals surface area contributed by atoms with Crippen molar-refractivity contribution in [2.24, 2.45) is 5.92 Å². The van der Waals surface area contributed by atoms with E-state index in [0.29, 0.717) is 5.76 Å². The zero-order chi connectivity index (χ0) is 13.9. The molecule has 1 rings (SSSR count). The summed E-state index contributed by atoms with van der Waals surface area (Å²) in [5.74, 6) is 0.164. The molecule has 1 amide bonds. The van der Waals surface area contributed by atoms with Gasteiger partial charge in [-0.05, 0) is 12.8 Å². The predicted octanol–water partition coefficient (Wildman–Crippen LogP) is 0.495. The molecule has 0 fully saturated rings. The van der Waals surface area contributed by atoms with Crippen molar-refractivity contribution in [1.29, 1.82) is 0 Å². The third-order valence-electron chi connectivity index (χ3n) is 2.17. The second-order valence-electron chi connectivity index (χ2n) is 4.42. The molecule has 0 aliphatic rings. The maximum absolute atomic E-state index is 11.9. The molecule has 1 aromatic heterocycles. The molecule has 18 heavy (non-hydrogen) atoms. The second-order valence-corrected chi connectivity index (χ2v) is 6.20. The molecule has 0 spiro atoms. The Hall–Kier alpha value is -1.41. The number of hydrogen-bond acceptors (Lipinski definition) is 5. The largest absolute Gasteiger partial charge is 0.360 e. The molecule has 2 N–H and O–H groups in total. The maximum Gasteiger partial charge on any atom is 0.244 e. The highest BCUT2D eigenvalue weighted by Crippen LogP contribution is 2.10. The highest BCUT2D eigenvalue weighted by molar-refractivity contribution is 7.88. The van der Waals surface area contributed by atoms with E-state index in [-0.39, 0.29) is 11.7 Å². The standard InChI is InChI=1S/C10H17N3O4S/c1-6(2)9(13-18(4,15)16)10(14)11-8-5-7(3)17-12-8/h5-6,9,13H,1-4H3,(H,11,12,14)/t9-/m0/s1. The van der Waals surface area contributed by atoms with Gasteiger partial charge in [0.15, 0.2) is 5.82 Å². The molecular formula is C10H17N3O4S. The lowest BCUT2D eigenvalue weighted by Gasteiger charge is -2.19. The lowest BCUT2D eigenvalue weighted by Crippen LogP contribution is -2.46. The van der Waals surface area contributed by atoms with Gasteiger partial charge < -0.3 is 9.84 Å². The summed E-state index contributed by atoms with van der Waals surface area (Å²) in [5, 5.41) is 6.11. The lowest BCUT2D eigenvalue weighted by molar-refractivity contribution is -0.118. The minimum absolute atomic E-state index is 0.187. The molecule has 0 aromatic carbocycles. The van der Waals surface area contributed by atoms with Crippen LogP contribution in [0.1, 0.15) is 19.6 Å². The molecule has 0 unspecified atom stereocenters. The van der Waals surface area contributed by atoms with Gasteiger partial charge in [-0.2, -0.15) is 0 Å². The van der Waals surface area contributed by atoms with E-state index in [4.69, 9.17) is 4.52 Å². The fourth-order valence-corrected chi connectivity index (χ4v) is 2.19. The normalized spacial score (nSPS) is 13.6.